The van der Waals surface area contributed by atoms with E-state index >= 15 is 0 Å². The lowest BCUT2D eigenvalue weighted by atomic mass is 10.0. The molecule has 2 rings (SSSR count). The van der Waals surface area contributed by atoms with Gasteiger partial charge in [-0.05, 0) is 30.2 Å². The van der Waals surface area contributed by atoms with Crippen LogP contribution in [0.15, 0.2) is 66.7 Å². The molecule has 0 aliphatic carbocycles. The number of hydrogen-bond donors (Lipinski definition) is 1. The van der Waals surface area contributed by atoms with Crippen molar-refractivity contribution in [2.24, 2.45) is 0 Å². The summed E-state index contributed by atoms with van der Waals surface area (Å²) in [7, 11) is 0. The van der Waals surface area contributed by atoms with Crippen molar-refractivity contribution in [2.75, 3.05) is 6.61 Å². The van der Waals surface area contributed by atoms with Gasteiger partial charge in [-0.25, -0.2) is 4.79 Å². The Hall–Kier alpha value is -2.59. The van der Waals surface area contributed by atoms with Crippen molar-refractivity contribution < 1.29 is 19.4 Å². The van der Waals surface area contributed by atoms with Crippen LogP contribution in [0.4, 0.5) is 0 Å². The predicted octanol–water partition coefficient (Wildman–Crippen LogP) is 3.42. The van der Waals surface area contributed by atoms with E-state index in [1.54, 1.807) is 31.2 Å². The normalized spacial score (nSPS) is 11.6. The highest BCUT2D eigenvalue weighted by atomic mass is 16.5. The van der Waals surface area contributed by atoms with Crippen LogP contribution in [0.3, 0.4) is 0 Å². The maximum absolute atomic E-state index is 11.6. The van der Waals surface area contributed by atoms with Gasteiger partial charge in [-0.3, -0.25) is 0 Å². The predicted molar refractivity (Wildman–Crippen MR) is 87.9 cm³/mol. The summed E-state index contributed by atoms with van der Waals surface area (Å²) in [6, 6.07) is 16.8. The van der Waals surface area contributed by atoms with Gasteiger partial charge in [-0.2, -0.15) is 0 Å². The molecular formula is C19H20O4. The van der Waals surface area contributed by atoms with E-state index in [1.807, 2.05) is 30.3 Å². The molecule has 0 bridgehead atoms. The molecule has 4 heteroatoms. The second-order valence-corrected chi connectivity index (χ2v) is 4.99. The Morgan fingerprint density at radius 1 is 1.13 bits per heavy atom. The van der Waals surface area contributed by atoms with Crippen LogP contribution in [0, 0.1) is 0 Å². The van der Waals surface area contributed by atoms with Crippen molar-refractivity contribution in [3.05, 3.63) is 77.9 Å². The van der Waals surface area contributed by atoms with Crippen molar-refractivity contribution in [3.63, 3.8) is 0 Å². The van der Waals surface area contributed by atoms with E-state index in [1.165, 1.54) is 0 Å². The van der Waals surface area contributed by atoms with E-state index in [-0.39, 0.29) is 12.2 Å². The molecule has 0 spiro atoms. The van der Waals surface area contributed by atoms with Crippen molar-refractivity contribution in [1.82, 2.24) is 0 Å². The van der Waals surface area contributed by atoms with Crippen molar-refractivity contribution in [2.45, 2.75) is 19.6 Å². The summed E-state index contributed by atoms with van der Waals surface area (Å²) in [6.45, 7) is 6.01. The first-order chi connectivity index (χ1) is 11.1. The number of carbonyl (C=O) groups excluding carboxylic acids is 1. The Morgan fingerprint density at radius 3 is 2.39 bits per heavy atom. The summed E-state index contributed by atoms with van der Waals surface area (Å²) < 4.78 is 10.5. The molecule has 1 atom stereocenters. The fourth-order valence-electron chi connectivity index (χ4n) is 2.02. The third-order valence-electron chi connectivity index (χ3n) is 3.31. The zero-order valence-corrected chi connectivity index (χ0v) is 13.1. The molecule has 4 nitrogen and oxygen atoms in total. The minimum atomic E-state index is -1.09. The van der Waals surface area contributed by atoms with Gasteiger partial charge >= 0.3 is 5.97 Å². The van der Waals surface area contributed by atoms with Gasteiger partial charge < -0.3 is 14.6 Å². The summed E-state index contributed by atoms with van der Waals surface area (Å²) in [6.07, 6.45) is -1.09. The summed E-state index contributed by atoms with van der Waals surface area (Å²) in [4.78, 5) is 11.6. The molecule has 0 saturated heterocycles. The quantitative estimate of drug-likeness (QED) is 0.629. The Kier molecular flexibility index (Phi) is 5.94. The van der Waals surface area contributed by atoms with Crippen LogP contribution in [-0.2, 0) is 16.1 Å². The monoisotopic (exact) mass is 312 g/mol. The van der Waals surface area contributed by atoms with Crippen molar-refractivity contribution in [3.8, 4) is 5.75 Å². The highest BCUT2D eigenvalue weighted by molar-refractivity contribution is 5.89. The van der Waals surface area contributed by atoms with Crippen molar-refractivity contribution >= 4 is 5.97 Å². The van der Waals surface area contributed by atoms with E-state index in [4.69, 9.17) is 9.47 Å². The molecule has 0 aliphatic heterocycles. The number of aliphatic hydroxyl groups excluding tert-OH is 1. The van der Waals surface area contributed by atoms with Crippen LogP contribution >= 0.6 is 0 Å². The maximum atomic E-state index is 11.6. The van der Waals surface area contributed by atoms with Crippen LogP contribution in [-0.4, -0.2) is 17.7 Å². The van der Waals surface area contributed by atoms with Gasteiger partial charge in [0.15, 0.2) is 0 Å². The summed E-state index contributed by atoms with van der Waals surface area (Å²) in [5, 5.41) is 10.1. The zero-order chi connectivity index (χ0) is 16.7. The molecule has 2 aromatic carbocycles. The number of benzene rings is 2. The molecule has 0 aliphatic rings. The fraction of sp³-hybridized carbons (Fsp3) is 0.211. The minimum absolute atomic E-state index is 0.0183. The molecule has 1 N–H and O–H groups in total. The number of ether oxygens (including phenoxy) is 2. The van der Waals surface area contributed by atoms with Crippen LogP contribution in [0.2, 0.25) is 0 Å². The second-order valence-electron chi connectivity index (χ2n) is 4.99. The standard InChI is InChI=1S/C19H20O4/c1-3-22-19(21)14(2)18(20)16-9-11-17(12-10-16)23-13-15-7-5-4-6-8-15/h4-12,18,20H,2-3,13H2,1H3. The van der Waals surface area contributed by atoms with Gasteiger partial charge in [0.2, 0.25) is 0 Å². The van der Waals surface area contributed by atoms with Gasteiger partial charge in [0.25, 0.3) is 0 Å². The van der Waals surface area contributed by atoms with Gasteiger partial charge in [-0.15, -0.1) is 0 Å². The van der Waals surface area contributed by atoms with Crippen LogP contribution in [0.5, 0.6) is 5.75 Å². The molecule has 120 valence electrons. The molecule has 0 fully saturated rings. The summed E-state index contributed by atoms with van der Waals surface area (Å²) in [5.41, 5.74) is 1.66. The van der Waals surface area contributed by atoms with Crippen LogP contribution in [0.1, 0.15) is 24.2 Å². The topological polar surface area (TPSA) is 55.8 Å². The zero-order valence-electron chi connectivity index (χ0n) is 13.1. The average molecular weight is 312 g/mol. The maximum Gasteiger partial charge on any atom is 0.336 e. The molecule has 0 heterocycles. The lowest BCUT2D eigenvalue weighted by molar-refractivity contribution is -0.139. The lowest BCUT2D eigenvalue weighted by Gasteiger charge is -2.14. The number of hydrogen-bond acceptors (Lipinski definition) is 4. The third kappa shape index (κ3) is 4.69. The van der Waals surface area contributed by atoms with Gasteiger partial charge in [0, 0.05) is 0 Å². The highest BCUT2D eigenvalue weighted by Crippen LogP contribution is 2.24. The van der Waals surface area contributed by atoms with Gasteiger partial charge in [0.1, 0.15) is 18.5 Å². The summed E-state index contributed by atoms with van der Waals surface area (Å²) >= 11 is 0. The molecule has 0 saturated carbocycles. The molecular weight excluding hydrogens is 292 g/mol. The molecule has 0 amide bonds. The molecule has 23 heavy (non-hydrogen) atoms. The SMILES string of the molecule is C=C(C(=O)OCC)C(O)c1ccc(OCc2ccccc2)cc1. The molecule has 2 aromatic rings. The van der Waals surface area contributed by atoms with E-state index < -0.39 is 12.1 Å². The Morgan fingerprint density at radius 2 is 1.78 bits per heavy atom. The number of rotatable bonds is 7. The van der Waals surface area contributed by atoms with E-state index in [0.29, 0.717) is 17.9 Å². The Bertz CT molecular complexity index is 647. The van der Waals surface area contributed by atoms with E-state index in [0.717, 1.165) is 5.56 Å². The van der Waals surface area contributed by atoms with E-state index in [2.05, 4.69) is 6.58 Å². The van der Waals surface area contributed by atoms with Crippen LogP contribution in [0.25, 0.3) is 0 Å². The minimum Gasteiger partial charge on any atom is -0.489 e. The number of carbonyl (C=O) groups is 1. The first kappa shape index (κ1) is 16.8. The number of esters is 1. The Labute approximate surface area is 136 Å². The largest absolute Gasteiger partial charge is 0.489 e. The van der Waals surface area contributed by atoms with E-state index in [9.17, 15) is 9.90 Å². The number of aliphatic hydroxyl groups is 1. The average Bonchev–Trinajstić information content (AvgIpc) is 2.60. The van der Waals surface area contributed by atoms with Crippen molar-refractivity contribution in [1.29, 1.82) is 0 Å². The first-order valence-corrected chi connectivity index (χ1v) is 7.42. The molecule has 0 radical (unpaired) electrons. The fourth-order valence-corrected chi connectivity index (χ4v) is 2.02. The van der Waals surface area contributed by atoms with Gasteiger partial charge in [-0.1, -0.05) is 49.0 Å². The lowest BCUT2D eigenvalue weighted by Crippen LogP contribution is -2.13. The molecule has 1 unspecified atom stereocenters. The third-order valence-corrected chi connectivity index (χ3v) is 3.31. The Balaban J connectivity index is 1.96. The highest BCUT2D eigenvalue weighted by Gasteiger charge is 2.19. The molecule has 0 aromatic heterocycles. The van der Waals surface area contributed by atoms with Gasteiger partial charge in [0.05, 0.1) is 12.2 Å². The first-order valence-electron chi connectivity index (χ1n) is 7.42. The smallest absolute Gasteiger partial charge is 0.336 e. The van der Waals surface area contributed by atoms with Crippen LogP contribution < -0.4 is 4.74 Å². The second kappa shape index (κ2) is 8.15. The summed E-state index contributed by atoms with van der Waals surface area (Å²) in [5.74, 6) is 0.0935.